The molecular weight excluding hydrogens is 412 g/mol. The highest BCUT2D eigenvalue weighted by Gasteiger charge is 2.09. The predicted octanol–water partition coefficient (Wildman–Crippen LogP) is 4.28. The monoisotopic (exact) mass is 438 g/mol. The third kappa shape index (κ3) is 6.22. The third-order valence-corrected chi connectivity index (χ3v) is 4.87. The van der Waals surface area contributed by atoms with Gasteiger partial charge in [0.15, 0.2) is 11.6 Å². The first-order chi connectivity index (χ1) is 15.9. The van der Waals surface area contributed by atoms with Crippen LogP contribution in [0.5, 0.6) is 5.75 Å². The number of pyridine rings is 1. The van der Waals surface area contributed by atoms with Crippen LogP contribution in [-0.4, -0.2) is 25.5 Å². The first-order valence-electron chi connectivity index (χ1n) is 10.7. The summed E-state index contributed by atoms with van der Waals surface area (Å²) in [6.45, 7) is 4.32. The number of benzene rings is 2. The number of hydrogen-bond acceptors (Lipinski definition) is 5. The van der Waals surface area contributed by atoms with Crippen LogP contribution in [0, 0.1) is 11.8 Å². The minimum atomic E-state index is -1.04. The molecule has 3 N–H and O–H groups in total. The lowest BCUT2D eigenvalue weighted by Gasteiger charge is -2.10. The summed E-state index contributed by atoms with van der Waals surface area (Å²) in [4.78, 5) is 4.30. The summed E-state index contributed by atoms with van der Waals surface area (Å²) in [6, 6.07) is 19.7. The van der Waals surface area contributed by atoms with E-state index in [1.54, 1.807) is 20.0 Å². The second-order valence-electron chi connectivity index (χ2n) is 8.32. The Labute approximate surface area is 193 Å². The molecule has 33 heavy (non-hydrogen) atoms. The molecule has 2 aromatic heterocycles. The molecule has 0 saturated heterocycles. The molecule has 0 amide bonds. The van der Waals surface area contributed by atoms with E-state index in [0.29, 0.717) is 24.7 Å². The number of anilines is 1. The van der Waals surface area contributed by atoms with Gasteiger partial charge in [0.05, 0.1) is 12.7 Å². The summed E-state index contributed by atoms with van der Waals surface area (Å²) in [5.41, 5.74) is 9.77. The molecule has 0 aliphatic rings. The van der Waals surface area contributed by atoms with Gasteiger partial charge in [-0.1, -0.05) is 54.3 Å². The molecule has 0 fully saturated rings. The Balaban J connectivity index is 1.47. The first kappa shape index (κ1) is 22.1. The predicted molar refractivity (Wildman–Crippen MR) is 129 cm³/mol. The van der Waals surface area contributed by atoms with Gasteiger partial charge in [-0.3, -0.25) is 4.68 Å². The molecular formula is C27H26N4O2. The van der Waals surface area contributed by atoms with Crippen molar-refractivity contribution in [3.05, 3.63) is 95.9 Å². The number of nitrogens with two attached hydrogens (primary N) is 1. The van der Waals surface area contributed by atoms with Crippen LogP contribution in [0.3, 0.4) is 0 Å². The molecule has 0 atom stereocenters. The zero-order chi connectivity index (χ0) is 23.3. The summed E-state index contributed by atoms with van der Waals surface area (Å²) >= 11 is 0. The lowest BCUT2D eigenvalue weighted by atomic mass is 10.1. The van der Waals surface area contributed by atoms with Gasteiger partial charge in [0.25, 0.3) is 0 Å². The van der Waals surface area contributed by atoms with Gasteiger partial charge in [0, 0.05) is 29.1 Å². The Hall–Kier alpha value is -4.08. The zero-order valence-electron chi connectivity index (χ0n) is 18.7. The molecule has 0 spiro atoms. The fourth-order valence-electron chi connectivity index (χ4n) is 3.22. The number of aliphatic hydroxyl groups is 1. The normalized spacial score (nSPS) is 11.0. The Bertz CT molecular complexity index is 1290. The lowest BCUT2D eigenvalue weighted by molar-refractivity contribution is 0.143. The number of ether oxygens (including phenoxy) is 1. The molecule has 0 saturated carbocycles. The maximum atomic E-state index is 9.80. The van der Waals surface area contributed by atoms with Crippen molar-refractivity contribution in [2.45, 2.75) is 32.6 Å². The second-order valence-corrected chi connectivity index (χ2v) is 8.32. The smallest absolute Gasteiger partial charge is 0.166 e. The van der Waals surface area contributed by atoms with Crippen molar-refractivity contribution in [2.24, 2.45) is 0 Å². The van der Waals surface area contributed by atoms with Gasteiger partial charge in [-0.15, -0.1) is 0 Å². The van der Waals surface area contributed by atoms with Crippen LogP contribution in [0.15, 0.2) is 79.3 Å². The van der Waals surface area contributed by atoms with Crippen molar-refractivity contribution in [1.82, 2.24) is 14.8 Å². The van der Waals surface area contributed by atoms with E-state index in [2.05, 4.69) is 34.1 Å². The molecule has 4 rings (SSSR count). The number of rotatable bonds is 6. The van der Waals surface area contributed by atoms with Gasteiger partial charge in [0.2, 0.25) is 0 Å². The zero-order valence-corrected chi connectivity index (χ0v) is 18.7. The van der Waals surface area contributed by atoms with Crippen molar-refractivity contribution in [3.8, 4) is 28.7 Å². The van der Waals surface area contributed by atoms with Crippen molar-refractivity contribution in [2.75, 3.05) is 5.73 Å². The van der Waals surface area contributed by atoms with Crippen LogP contribution in [0.25, 0.3) is 11.1 Å². The fraction of sp³-hybridized carbons (Fsp3) is 0.185. The maximum Gasteiger partial charge on any atom is 0.166 e. The van der Waals surface area contributed by atoms with Gasteiger partial charge < -0.3 is 15.6 Å². The lowest BCUT2D eigenvalue weighted by Crippen LogP contribution is -2.14. The molecule has 4 aromatic rings. The number of hydrogen-bond donors (Lipinski definition) is 2. The van der Waals surface area contributed by atoms with Crippen molar-refractivity contribution < 1.29 is 9.84 Å². The highest BCUT2D eigenvalue weighted by molar-refractivity contribution is 5.65. The van der Waals surface area contributed by atoms with E-state index in [0.717, 1.165) is 22.3 Å². The molecule has 0 radical (unpaired) electrons. The summed E-state index contributed by atoms with van der Waals surface area (Å²) in [5.74, 6) is 6.64. The average Bonchev–Trinajstić information content (AvgIpc) is 3.26. The van der Waals surface area contributed by atoms with Crippen LogP contribution in [0.1, 0.15) is 30.5 Å². The van der Waals surface area contributed by atoms with Gasteiger partial charge in [0.1, 0.15) is 12.2 Å². The van der Waals surface area contributed by atoms with Crippen molar-refractivity contribution in [1.29, 1.82) is 0 Å². The minimum Gasteiger partial charge on any atom is -0.485 e. The molecule has 166 valence electrons. The molecule has 0 aliphatic heterocycles. The topological polar surface area (TPSA) is 86.2 Å². The van der Waals surface area contributed by atoms with Gasteiger partial charge >= 0.3 is 0 Å². The third-order valence-electron chi connectivity index (χ3n) is 4.87. The van der Waals surface area contributed by atoms with E-state index in [1.807, 2.05) is 65.6 Å². The molecule has 6 nitrogen and oxygen atoms in total. The highest BCUT2D eigenvalue weighted by Crippen LogP contribution is 2.27. The van der Waals surface area contributed by atoms with Crippen molar-refractivity contribution >= 4 is 5.82 Å². The Morgan fingerprint density at radius 2 is 1.79 bits per heavy atom. The summed E-state index contributed by atoms with van der Waals surface area (Å²) in [7, 11) is 0. The van der Waals surface area contributed by atoms with E-state index >= 15 is 0 Å². The minimum absolute atomic E-state index is 0.320. The molecule has 2 aromatic carbocycles. The highest BCUT2D eigenvalue weighted by atomic mass is 16.5. The quantitative estimate of drug-likeness (QED) is 0.439. The second kappa shape index (κ2) is 9.60. The van der Waals surface area contributed by atoms with E-state index in [-0.39, 0.29) is 0 Å². The molecule has 0 unspecified atom stereocenters. The van der Waals surface area contributed by atoms with Crippen LogP contribution in [0.2, 0.25) is 0 Å². The molecule has 6 heteroatoms. The number of nitrogens with zero attached hydrogens (tertiary/aromatic N) is 3. The Morgan fingerprint density at radius 3 is 2.58 bits per heavy atom. The largest absolute Gasteiger partial charge is 0.485 e. The van der Waals surface area contributed by atoms with Gasteiger partial charge in [-0.2, -0.15) is 5.10 Å². The summed E-state index contributed by atoms with van der Waals surface area (Å²) < 4.78 is 7.87. The maximum absolute atomic E-state index is 9.80. The molecule has 0 aliphatic carbocycles. The SMILES string of the molecule is CC(C)(O)C#Cc1cccc(COc2cc(-c3cnn(Cc4ccccc4)c3)cnc2N)c1. The molecule has 2 heterocycles. The average molecular weight is 439 g/mol. The molecule has 0 bridgehead atoms. The number of aromatic nitrogens is 3. The van der Waals surface area contributed by atoms with Crippen LogP contribution >= 0.6 is 0 Å². The summed E-state index contributed by atoms with van der Waals surface area (Å²) in [5, 5.41) is 14.3. The van der Waals surface area contributed by atoms with E-state index in [4.69, 9.17) is 10.5 Å². The van der Waals surface area contributed by atoms with Crippen LogP contribution in [0.4, 0.5) is 5.82 Å². The Morgan fingerprint density at radius 1 is 1.00 bits per heavy atom. The van der Waals surface area contributed by atoms with Gasteiger partial charge in [-0.25, -0.2) is 4.98 Å². The standard InChI is InChI=1S/C27H26N4O2/c1-27(2,32)12-11-20-9-6-10-22(13-20)19-33-25-14-23(15-29-26(25)28)24-16-30-31(18-24)17-21-7-4-3-5-8-21/h3-10,13-16,18,32H,17,19H2,1-2H3,(H2,28,29). The summed E-state index contributed by atoms with van der Waals surface area (Å²) in [6.07, 6.45) is 5.51. The van der Waals surface area contributed by atoms with Crippen LogP contribution in [-0.2, 0) is 13.2 Å². The van der Waals surface area contributed by atoms with E-state index < -0.39 is 5.60 Å². The van der Waals surface area contributed by atoms with Crippen molar-refractivity contribution in [3.63, 3.8) is 0 Å². The first-order valence-corrected chi connectivity index (χ1v) is 10.7. The van der Waals surface area contributed by atoms with E-state index in [1.165, 1.54) is 5.56 Å². The van der Waals surface area contributed by atoms with Gasteiger partial charge in [-0.05, 0) is 43.2 Å². The number of nitrogen functional groups attached to an aromatic ring is 1. The Kier molecular flexibility index (Phi) is 6.43. The fourth-order valence-corrected chi connectivity index (χ4v) is 3.22. The van der Waals surface area contributed by atoms with E-state index in [9.17, 15) is 5.11 Å². The van der Waals surface area contributed by atoms with Crippen LogP contribution < -0.4 is 10.5 Å².